The van der Waals surface area contributed by atoms with Crippen molar-refractivity contribution in [1.82, 2.24) is 24.3 Å². The molecular formula is C7H9N5S. The van der Waals surface area contributed by atoms with Crippen LogP contribution < -0.4 is 0 Å². The Morgan fingerprint density at radius 3 is 2.69 bits per heavy atom. The predicted octanol–water partition coefficient (Wildman–Crippen LogP) is 0.878. The van der Waals surface area contributed by atoms with E-state index in [2.05, 4.69) is 15.1 Å². The van der Waals surface area contributed by atoms with Crippen LogP contribution in [0.15, 0.2) is 12.5 Å². The average molecular weight is 195 g/mol. The number of aromatic nitrogens is 5. The Labute approximate surface area is 80.0 Å². The van der Waals surface area contributed by atoms with E-state index in [1.165, 1.54) is 0 Å². The fourth-order valence-corrected chi connectivity index (χ4v) is 1.19. The molecule has 0 aromatic carbocycles. The van der Waals surface area contributed by atoms with Crippen molar-refractivity contribution in [2.75, 3.05) is 0 Å². The summed E-state index contributed by atoms with van der Waals surface area (Å²) in [6.07, 6.45) is 3.61. The van der Waals surface area contributed by atoms with Crippen LogP contribution in [0.1, 0.15) is 0 Å². The quantitative estimate of drug-likeness (QED) is 0.687. The maximum absolute atomic E-state index is 4.97. The van der Waals surface area contributed by atoms with Gasteiger partial charge in [-0.05, 0) is 12.2 Å². The molecule has 2 aromatic rings. The van der Waals surface area contributed by atoms with Crippen LogP contribution in [-0.2, 0) is 14.1 Å². The summed E-state index contributed by atoms with van der Waals surface area (Å²) in [5.74, 6) is 0.702. The van der Waals surface area contributed by atoms with Crippen molar-refractivity contribution in [3.05, 3.63) is 17.3 Å². The van der Waals surface area contributed by atoms with Gasteiger partial charge in [0, 0.05) is 20.3 Å². The van der Waals surface area contributed by atoms with Crippen molar-refractivity contribution in [3.8, 4) is 11.5 Å². The standard InChI is InChI=1S/C7H9N5S/c1-11-3-5(8-4-11)6-9-7(13)12(2)10-6/h3-4H,1-2H3,(H,9,10,13). The second-order valence-corrected chi connectivity index (χ2v) is 3.20. The van der Waals surface area contributed by atoms with Crippen molar-refractivity contribution in [2.45, 2.75) is 0 Å². The molecule has 5 nitrogen and oxygen atoms in total. The molecule has 0 amide bonds. The molecule has 0 aliphatic carbocycles. The van der Waals surface area contributed by atoms with Gasteiger partial charge in [0.05, 0.1) is 6.33 Å². The summed E-state index contributed by atoms with van der Waals surface area (Å²) in [7, 11) is 3.73. The first kappa shape index (κ1) is 8.18. The van der Waals surface area contributed by atoms with E-state index in [-0.39, 0.29) is 0 Å². The summed E-state index contributed by atoms with van der Waals surface area (Å²) in [6.45, 7) is 0. The Morgan fingerprint density at radius 2 is 2.23 bits per heavy atom. The minimum Gasteiger partial charge on any atom is -0.340 e. The summed E-state index contributed by atoms with van der Waals surface area (Å²) in [4.78, 5) is 8.29. The highest BCUT2D eigenvalue weighted by Crippen LogP contribution is 2.09. The maximum atomic E-state index is 4.97. The van der Waals surface area contributed by atoms with Crippen molar-refractivity contribution in [2.24, 2.45) is 14.1 Å². The molecule has 0 fully saturated rings. The zero-order valence-corrected chi connectivity index (χ0v) is 8.17. The summed E-state index contributed by atoms with van der Waals surface area (Å²) < 4.78 is 4.07. The van der Waals surface area contributed by atoms with Gasteiger partial charge >= 0.3 is 0 Å². The normalized spacial score (nSPS) is 10.6. The van der Waals surface area contributed by atoms with E-state index in [0.29, 0.717) is 10.6 Å². The lowest BCUT2D eigenvalue weighted by molar-refractivity contribution is 0.755. The van der Waals surface area contributed by atoms with Crippen LogP contribution in [0.2, 0.25) is 0 Å². The monoisotopic (exact) mass is 195 g/mol. The smallest absolute Gasteiger partial charge is 0.216 e. The van der Waals surface area contributed by atoms with Gasteiger partial charge in [-0.15, -0.1) is 0 Å². The first-order valence-corrected chi connectivity index (χ1v) is 4.19. The van der Waals surface area contributed by atoms with Gasteiger partial charge in [-0.1, -0.05) is 0 Å². The number of hydrogen-bond acceptors (Lipinski definition) is 3. The number of hydrogen-bond donors (Lipinski definition) is 1. The lowest BCUT2D eigenvalue weighted by atomic mass is 10.5. The summed E-state index contributed by atoms with van der Waals surface area (Å²) >= 11 is 4.97. The van der Waals surface area contributed by atoms with Crippen molar-refractivity contribution >= 4 is 12.2 Å². The minimum absolute atomic E-state index is 0.528. The molecule has 0 saturated heterocycles. The van der Waals surface area contributed by atoms with E-state index in [1.54, 1.807) is 11.0 Å². The molecular weight excluding hydrogens is 186 g/mol. The first-order valence-electron chi connectivity index (χ1n) is 3.78. The van der Waals surface area contributed by atoms with Crippen LogP contribution >= 0.6 is 12.2 Å². The molecule has 0 bridgehead atoms. The average Bonchev–Trinajstić information content (AvgIpc) is 2.61. The lowest BCUT2D eigenvalue weighted by Crippen LogP contribution is -1.89. The van der Waals surface area contributed by atoms with Crippen LogP contribution in [0.5, 0.6) is 0 Å². The Kier molecular flexibility index (Phi) is 1.77. The molecule has 2 rings (SSSR count). The number of aryl methyl sites for hydroxylation is 2. The van der Waals surface area contributed by atoms with Gasteiger partial charge in [0.25, 0.3) is 0 Å². The zero-order chi connectivity index (χ0) is 9.42. The fourth-order valence-electron chi connectivity index (χ4n) is 1.05. The second kappa shape index (κ2) is 2.81. The number of imidazole rings is 1. The SMILES string of the molecule is Cn1cnc(-c2nc(=S)n(C)[nH]2)c1. The molecule has 13 heavy (non-hydrogen) atoms. The molecule has 0 spiro atoms. The van der Waals surface area contributed by atoms with Crippen LogP contribution in [0.25, 0.3) is 11.5 Å². The predicted molar refractivity (Wildman–Crippen MR) is 50.6 cm³/mol. The van der Waals surface area contributed by atoms with E-state index >= 15 is 0 Å². The van der Waals surface area contributed by atoms with E-state index < -0.39 is 0 Å². The molecule has 6 heteroatoms. The zero-order valence-electron chi connectivity index (χ0n) is 7.35. The molecule has 0 aliphatic rings. The van der Waals surface area contributed by atoms with E-state index in [9.17, 15) is 0 Å². The van der Waals surface area contributed by atoms with Crippen LogP contribution in [0.3, 0.4) is 0 Å². The molecule has 1 N–H and O–H groups in total. The topological polar surface area (TPSA) is 51.4 Å². The van der Waals surface area contributed by atoms with Gasteiger partial charge in [0.15, 0.2) is 5.82 Å². The van der Waals surface area contributed by atoms with E-state index in [4.69, 9.17) is 12.2 Å². The third-order valence-corrected chi connectivity index (χ3v) is 2.08. The van der Waals surface area contributed by atoms with Gasteiger partial charge in [-0.3, -0.25) is 9.78 Å². The van der Waals surface area contributed by atoms with Crippen molar-refractivity contribution < 1.29 is 0 Å². The van der Waals surface area contributed by atoms with E-state index in [1.807, 2.05) is 24.9 Å². The molecule has 2 aromatic heterocycles. The Balaban J connectivity index is 2.52. The number of H-pyrrole nitrogens is 1. The summed E-state index contributed by atoms with van der Waals surface area (Å²) in [6, 6.07) is 0. The Hall–Kier alpha value is -1.43. The highest BCUT2D eigenvalue weighted by atomic mass is 32.1. The summed E-state index contributed by atoms with van der Waals surface area (Å²) in [5, 5.41) is 3.00. The third kappa shape index (κ3) is 1.40. The van der Waals surface area contributed by atoms with Crippen LogP contribution in [-0.4, -0.2) is 24.3 Å². The first-order chi connectivity index (χ1) is 6.16. The molecule has 0 aliphatic heterocycles. The number of rotatable bonds is 1. The molecule has 0 unspecified atom stereocenters. The minimum atomic E-state index is 0.528. The summed E-state index contributed by atoms with van der Waals surface area (Å²) in [5.41, 5.74) is 0.800. The van der Waals surface area contributed by atoms with Crippen molar-refractivity contribution in [1.29, 1.82) is 0 Å². The van der Waals surface area contributed by atoms with Crippen LogP contribution in [0.4, 0.5) is 0 Å². The number of nitrogens with one attached hydrogen (secondary N) is 1. The fraction of sp³-hybridized carbons (Fsp3) is 0.286. The molecule has 68 valence electrons. The van der Waals surface area contributed by atoms with Crippen molar-refractivity contribution in [3.63, 3.8) is 0 Å². The molecule has 0 saturated carbocycles. The number of nitrogens with zero attached hydrogens (tertiary/aromatic N) is 4. The van der Waals surface area contributed by atoms with E-state index in [0.717, 1.165) is 5.69 Å². The number of aromatic amines is 1. The Morgan fingerprint density at radius 1 is 1.46 bits per heavy atom. The molecule has 2 heterocycles. The lowest BCUT2D eigenvalue weighted by Gasteiger charge is -1.87. The van der Waals surface area contributed by atoms with Gasteiger partial charge < -0.3 is 4.57 Å². The van der Waals surface area contributed by atoms with Gasteiger partial charge in [-0.2, -0.15) is 4.98 Å². The highest BCUT2D eigenvalue weighted by molar-refractivity contribution is 7.71. The maximum Gasteiger partial charge on any atom is 0.216 e. The van der Waals surface area contributed by atoms with Gasteiger partial charge in [0.1, 0.15) is 5.69 Å². The van der Waals surface area contributed by atoms with Crippen LogP contribution in [0, 0.1) is 4.77 Å². The largest absolute Gasteiger partial charge is 0.340 e. The van der Waals surface area contributed by atoms with Gasteiger partial charge in [-0.25, -0.2) is 4.98 Å². The second-order valence-electron chi connectivity index (χ2n) is 2.84. The molecule has 0 atom stereocenters. The molecule has 0 radical (unpaired) electrons. The third-order valence-electron chi connectivity index (χ3n) is 1.72. The van der Waals surface area contributed by atoms with Gasteiger partial charge in [0.2, 0.25) is 4.77 Å². The highest BCUT2D eigenvalue weighted by Gasteiger charge is 2.04. The Bertz CT molecular complexity index is 477.